The van der Waals surface area contributed by atoms with Crippen LogP contribution >= 0.6 is 0 Å². The van der Waals surface area contributed by atoms with Crippen LogP contribution < -0.4 is 15.8 Å². The predicted molar refractivity (Wildman–Crippen MR) is 110 cm³/mol. The average Bonchev–Trinajstić information content (AvgIpc) is 2.76. The lowest BCUT2D eigenvalue weighted by atomic mass is 10.1. The molecule has 2 rings (SSSR count). The lowest BCUT2D eigenvalue weighted by Gasteiger charge is -2.11. The van der Waals surface area contributed by atoms with E-state index < -0.39 is 42.6 Å². The number of ether oxygens (including phenoxy) is 2. The third-order valence-corrected chi connectivity index (χ3v) is 4.05. The molecular formula is C22H18F3N3O5. The van der Waals surface area contributed by atoms with Crippen LogP contribution in [0.15, 0.2) is 59.8 Å². The van der Waals surface area contributed by atoms with Crippen LogP contribution in [-0.2, 0) is 20.5 Å². The zero-order chi connectivity index (χ0) is 24.6. The average molecular weight is 461 g/mol. The van der Waals surface area contributed by atoms with Gasteiger partial charge in [-0.15, -0.1) is 0 Å². The van der Waals surface area contributed by atoms with Crippen molar-refractivity contribution in [2.24, 2.45) is 5.73 Å². The number of carbonyl (C=O) groups is 3. The van der Waals surface area contributed by atoms with Crippen molar-refractivity contribution in [3.8, 4) is 11.8 Å². The highest BCUT2D eigenvalue weighted by molar-refractivity contribution is 6.02. The Balaban J connectivity index is 1.87. The number of nitrogens with one attached hydrogen (secondary N) is 1. The fourth-order valence-electron chi connectivity index (χ4n) is 2.46. The van der Waals surface area contributed by atoms with E-state index >= 15 is 0 Å². The molecule has 0 aliphatic rings. The predicted octanol–water partition coefficient (Wildman–Crippen LogP) is 3.21. The number of allylic oxidation sites excluding steroid dienone is 1. The van der Waals surface area contributed by atoms with Crippen LogP contribution in [0.2, 0.25) is 0 Å². The zero-order valence-electron chi connectivity index (χ0n) is 17.2. The minimum Gasteiger partial charge on any atom is -0.484 e. The van der Waals surface area contributed by atoms with Gasteiger partial charge in [0.1, 0.15) is 17.4 Å². The number of halogens is 3. The van der Waals surface area contributed by atoms with Gasteiger partial charge < -0.3 is 20.5 Å². The molecule has 0 saturated carbocycles. The van der Waals surface area contributed by atoms with Gasteiger partial charge in [0.05, 0.1) is 11.1 Å². The van der Waals surface area contributed by atoms with E-state index in [2.05, 4.69) is 5.32 Å². The molecule has 0 aromatic heterocycles. The van der Waals surface area contributed by atoms with Crippen molar-refractivity contribution in [2.75, 3.05) is 18.5 Å². The van der Waals surface area contributed by atoms with Gasteiger partial charge >= 0.3 is 12.1 Å². The highest BCUT2D eigenvalue weighted by Gasteiger charge is 2.30. The normalized spacial score (nSPS) is 11.6. The molecule has 2 aromatic carbocycles. The number of anilines is 1. The molecule has 0 aliphatic carbocycles. The summed E-state index contributed by atoms with van der Waals surface area (Å²) in [6.45, 7) is 0.220. The SMILES string of the molecule is CC(N)=C(C#N)C(=O)COC(=O)c1ccc(OCC(=O)Nc2cccc(C(F)(F)F)c2)cc1. The molecule has 0 aliphatic heterocycles. The van der Waals surface area contributed by atoms with Crippen LogP contribution in [0.25, 0.3) is 0 Å². The van der Waals surface area contributed by atoms with Crippen molar-refractivity contribution >= 4 is 23.3 Å². The minimum absolute atomic E-state index is 0.0112. The topological polar surface area (TPSA) is 132 Å². The second-order valence-corrected chi connectivity index (χ2v) is 6.61. The summed E-state index contributed by atoms with van der Waals surface area (Å²) in [5.74, 6) is -2.05. The number of nitriles is 1. The summed E-state index contributed by atoms with van der Waals surface area (Å²) >= 11 is 0. The van der Waals surface area contributed by atoms with E-state index in [0.29, 0.717) is 0 Å². The maximum atomic E-state index is 12.7. The quantitative estimate of drug-likeness (QED) is 0.351. The summed E-state index contributed by atoms with van der Waals surface area (Å²) in [4.78, 5) is 35.8. The van der Waals surface area contributed by atoms with E-state index in [1.54, 1.807) is 6.07 Å². The molecule has 33 heavy (non-hydrogen) atoms. The second-order valence-electron chi connectivity index (χ2n) is 6.61. The number of amides is 1. The standard InChI is InChI=1S/C22H18F3N3O5/c1-13(27)18(10-26)19(29)11-33-21(31)14-5-7-17(8-6-14)32-12-20(30)28-16-4-2-3-15(9-16)22(23,24)25/h2-9H,11-12,27H2,1H3,(H,28,30). The van der Waals surface area contributed by atoms with Crippen LogP contribution in [0.4, 0.5) is 18.9 Å². The van der Waals surface area contributed by atoms with Gasteiger partial charge in [0.2, 0.25) is 5.78 Å². The molecule has 0 saturated heterocycles. The first kappa shape index (κ1) is 24.9. The number of esters is 1. The number of benzene rings is 2. The second kappa shape index (κ2) is 10.8. The first-order valence-electron chi connectivity index (χ1n) is 9.28. The Hall–Kier alpha value is -4.33. The summed E-state index contributed by atoms with van der Waals surface area (Å²) in [6.07, 6.45) is -4.54. The number of Topliss-reactive ketones (excluding diaryl/α,β-unsaturated/α-hetero) is 1. The highest BCUT2D eigenvalue weighted by atomic mass is 19.4. The van der Waals surface area contributed by atoms with E-state index in [1.807, 2.05) is 0 Å². The Morgan fingerprint density at radius 3 is 2.33 bits per heavy atom. The van der Waals surface area contributed by atoms with E-state index in [-0.39, 0.29) is 28.3 Å². The molecule has 8 nitrogen and oxygen atoms in total. The molecule has 0 unspecified atom stereocenters. The Bertz CT molecular complexity index is 1120. The van der Waals surface area contributed by atoms with Gasteiger partial charge in [-0.3, -0.25) is 9.59 Å². The molecule has 11 heteroatoms. The van der Waals surface area contributed by atoms with Gasteiger partial charge in [-0.2, -0.15) is 18.4 Å². The van der Waals surface area contributed by atoms with Crippen molar-refractivity contribution in [3.63, 3.8) is 0 Å². The zero-order valence-corrected chi connectivity index (χ0v) is 17.2. The summed E-state index contributed by atoms with van der Waals surface area (Å²) in [7, 11) is 0. The van der Waals surface area contributed by atoms with E-state index in [0.717, 1.165) is 12.1 Å². The maximum absolute atomic E-state index is 12.7. The van der Waals surface area contributed by atoms with Crippen LogP contribution in [0.3, 0.4) is 0 Å². The third-order valence-electron chi connectivity index (χ3n) is 4.05. The lowest BCUT2D eigenvalue weighted by molar-refractivity contribution is -0.137. The van der Waals surface area contributed by atoms with Crippen LogP contribution in [0.1, 0.15) is 22.8 Å². The van der Waals surface area contributed by atoms with Gasteiger partial charge in [0, 0.05) is 11.4 Å². The Kier molecular flexibility index (Phi) is 8.17. The molecule has 2 aromatic rings. The van der Waals surface area contributed by atoms with Crippen LogP contribution in [0, 0.1) is 11.3 Å². The third kappa shape index (κ3) is 7.39. The summed E-state index contributed by atoms with van der Waals surface area (Å²) < 4.78 is 48.3. The molecule has 0 atom stereocenters. The minimum atomic E-state index is -4.54. The van der Waals surface area contributed by atoms with Gasteiger partial charge in [0.25, 0.3) is 5.91 Å². The van der Waals surface area contributed by atoms with Crippen molar-refractivity contribution in [1.29, 1.82) is 5.26 Å². The molecule has 0 heterocycles. The largest absolute Gasteiger partial charge is 0.484 e. The molecule has 1 amide bonds. The Morgan fingerprint density at radius 1 is 1.09 bits per heavy atom. The molecule has 0 spiro atoms. The molecular weight excluding hydrogens is 443 g/mol. The van der Waals surface area contributed by atoms with Gasteiger partial charge in [-0.25, -0.2) is 4.79 Å². The van der Waals surface area contributed by atoms with Crippen molar-refractivity contribution < 1.29 is 37.0 Å². The van der Waals surface area contributed by atoms with E-state index in [9.17, 15) is 27.6 Å². The molecule has 172 valence electrons. The van der Waals surface area contributed by atoms with Crippen LogP contribution in [-0.4, -0.2) is 30.9 Å². The number of nitrogens with two attached hydrogens (primary N) is 1. The number of carbonyl (C=O) groups excluding carboxylic acids is 3. The van der Waals surface area contributed by atoms with Crippen LogP contribution in [0.5, 0.6) is 5.75 Å². The number of alkyl halides is 3. The van der Waals surface area contributed by atoms with Crippen molar-refractivity contribution in [1.82, 2.24) is 0 Å². The lowest BCUT2D eigenvalue weighted by Crippen LogP contribution is -2.20. The van der Waals surface area contributed by atoms with Gasteiger partial charge in [-0.1, -0.05) is 6.07 Å². The molecule has 3 N–H and O–H groups in total. The fourth-order valence-corrected chi connectivity index (χ4v) is 2.46. The monoisotopic (exact) mass is 461 g/mol. The maximum Gasteiger partial charge on any atom is 0.416 e. The molecule has 0 fully saturated rings. The van der Waals surface area contributed by atoms with E-state index in [1.165, 1.54) is 43.3 Å². The number of rotatable bonds is 8. The summed E-state index contributed by atoms with van der Waals surface area (Å²) in [5, 5.41) is 11.2. The van der Waals surface area contributed by atoms with E-state index in [4.69, 9.17) is 20.5 Å². The van der Waals surface area contributed by atoms with Gasteiger partial charge in [0.15, 0.2) is 13.2 Å². The van der Waals surface area contributed by atoms with Crippen molar-refractivity contribution in [2.45, 2.75) is 13.1 Å². The summed E-state index contributed by atoms with van der Waals surface area (Å²) in [6, 6.07) is 11.2. The van der Waals surface area contributed by atoms with Crippen molar-refractivity contribution in [3.05, 3.63) is 70.9 Å². The fraction of sp³-hybridized carbons (Fsp3) is 0.182. The number of hydrogen-bond donors (Lipinski definition) is 2. The molecule has 0 bridgehead atoms. The first-order valence-corrected chi connectivity index (χ1v) is 9.28. The number of nitrogens with zero attached hydrogens (tertiary/aromatic N) is 1. The first-order chi connectivity index (χ1) is 15.5. The Morgan fingerprint density at radius 2 is 1.76 bits per heavy atom. The highest BCUT2D eigenvalue weighted by Crippen LogP contribution is 2.30. The smallest absolute Gasteiger partial charge is 0.416 e. The number of hydrogen-bond acceptors (Lipinski definition) is 7. The van der Waals surface area contributed by atoms with Gasteiger partial charge in [-0.05, 0) is 49.4 Å². The number of ketones is 1. The summed E-state index contributed by atoms with van der Waals surface area (Å²) in [5.41, 5.74) is 4.26. The Labute approximate surface area is 186 Å². The molecule has 0 radical (unpaired) electrons.